The molecule has 1 aliphatic rings. The Balaban J connectivity index is 1.24. The SMILES string of the molecule is CCc1ccc2oc(-c3ccc(NC(=S)NC(=O)c4ccc5c(c4)OCO5)cc3)nc2c1. The summed E-state index contributed by atoms with van der Waals surface area (Å²) >= 11 is 5.28. The molecule has 4 aromatic rings. The van der Waals surface area contributed by atoms with Crippen molar-refractivity contribution in [2.24, 2.45) is 0 Å². The Bertz CT molecular complexity index is 1330. The molecule has 1 aromatic heterocycles. The van der Waals surface area contributed by atoms with Crippen molar-refractivity contribution >= 4 is 40.0 Å². The van der Waals surface area contributed by atoms with Gasteiger partial charge in [-0.05, 0) is 78.8 Å². The highest BCUT2D eigenvalue weighted by Gasteiger charge is 2.17. The Hall–Kier alpha value is -3.91. The van der Waals surface area contributed by atoms with Gasteiger partial charge in [0.05, 0.1) is 0 Å². The Morgan fingerprint density at radius 1 is 1.03 bits per heavy atom. The minimum Gasteiger partial charge on any atom is -0.454 e. The van der Waals surface area contributed by atoms with Crippen molar-refractivity contribution in [1.82, 2.24) is 10.3 Å². The van der Waals surface area contributed by atoms with E-state index in [0.29, 0.717) is 23.0 Å². The summed E-state index contributed by atoms with van der Waals surface area (Å²) in [5.41, 5.74) is 4.82. The zero-order valence-electron chi connectivity index (χ0n) is 17.2. The molecule has 8 heteroatoms. The van der Waals surface area contributed by atoms with Crippen LogP contribution in [0.1, 0.15) is 22.8 Å². The second-order valence-corrected chi connectivity index (χ2v) is 7.64. The van der Waals surface area contributed by atoms with Crippen LogP contribution in [-0.2, 0) is 6.42 Å². The fourth-order valence-electron chi connectivity index (χ4n) is 3.39. The van der Waals surface area contributed by atoms with E-state index >= 15 is 0 Å². The van der Waals surface area contributed by atoms with Crippen molar-refractivity contribution in [3.63, 3.8) is 0 Å². The largest absolute Gasteiger partial charge is 0.454 e. The highest BCUT2D eigenvalue weighted by Crippen LogP contribution is 2.32. The van der Waals surface area contributed by atoms with Crippen LogP contribution in [0.25, 0.3) is 22.6 Å². The fourth-order valence-corrected chi connectivity index (χ4v) is 3.60. The molecule has 0 bridgehead atoms. The lowest BCUT2D eigenvalue weighted by Gasteiger charge is -2.10. The highest BCUT2D eigenvalue weighted by molar-refractivity contribution is 7.80. The normalized spacial score (nSPS) is 12.0. The number of nitrogens with one attached hydrogen (secondary N) is 2. The number of nitrogens with zero attached hydrogens (tertiary/aromatic N) is 1. The molecular formula is C24H19N3O4S. The molecule has 0 radical (unpaired) electrons. The predicted octanol–water partition coefficient (Wildman–Crippen LogP) is 4.91. The Morgan fingerprint density at radius 3 is 2.66 bits per heavy atom. The van der Waals surface area contributed by atoms with E-state index in [2.05, 4.69) is 22.5 Å². The lowest BCUT2D eigenvalue weighted by atomic mass is 10.1. The molecule has 5 rings (SSSR count). The summed E-state index contributed by atoms with van der Waals surface area (Å²) in [4.78, 5) is 17.1. The molecular weight excluding hydrogens is 426 g/mol. The number of anilines is 1. The van der Waals surface area contributed by atoms with E-state index in [1.54, 1.807) is 18.2 Å². The zero-order chi connectivity index (χ0) is 22.1. The van der Waals surface area contributed by atoms with Gasteiger partial charge >= 0.3 is 0 Å². The average molecular weight is 446 g/mol. The number of carbonyl (C=O) groups is 1. The number of thiocarbonyl (C=S) groups is 1. The first-order chi connectivity index (χ1) is 15.6. The van der Waals surface area contributed by atoms with Crippen molar-refractivity contribution in [3.05, 3.63) is 71.8 Å². The maximum Gasteiger partial charge on any atom is 0.257 e. The van der Waals surface area contributed by atoms with Crippen molar-refractivity contribution < 1.29 is 18.7 Å². The van der Waals surface area contributed by atoms with E-state index < -0.39 is 0 Å². The lowest BCUT2D eigenvalue weighted by Crippen LogP contribution is -2.34. The molecule has 2 heterocycles. The van der Waals surface area contributed by atoms with Crippen LogP contribution >= 0.6 is 12.2 Å². The molecule has 0 unspecified atom stereocenters. The van der Waals surface area contributed by atoms with E-state index in [1.807, 2.05) is 42.5 Å². The molecule has 0 saturated heterocycles. The van der Waals surface area contributed by atoms with Gasteiger partial charge in [-0.3, -0.25) is 10.1 Å². The van der Waals surface area contributed by atoms with Crippen LogP contribution in [0.3, 0.4) is 0 Å². The predicted molar refractivity (Wildman–Crippen MR) is 125 cm³/mol. The third-order valence-electron chi connectivity index (χ3n) is 5.11. The first-order valence-corrected chi connectivity index (χ1v) is 10.5. The zero-order valence-corrected chi connectivity index (χ0v) is 18.0. The van der Waals surface area contributed by atoms with Crippen LogP contribution in [0.15, 0.2) is 65.1 Å². The van der Waals surface area contributed by atoms with Gasteiger partial charge in [0.2, 0.25) is 12.7 Å². The smallest absolute Gasteiger partial charge is 0.257 e. The molecule has 0 fully saturated rings. The second kappa shape index (κ2) is 8.32. The number of carbonyl (C=O) groups excluding carboxylic acids is 1. The molecule has 0 atom stereocenters. The van der Waals surface area contributed by atoms with Crippen LogP contribution in [0.2, 0.25) is 0 Å². The summed E-state index contributed by atoms with van der Waals surface area (Å²) < 4.78 is 16.4. The summed E-state index contributed by atoms with van der Waals surface area (Å²) in [6, 6.07) is 18.5. The van der Waals surface area contributed by atoms with Gasteiger partial charge in [-0.1, -0.05) is 13.0 Å². The summed E-state index contributed by atoms with van der Waals surface area (Å²) in [5.74, 6) is 1.37. The van der Waals surface area contributed by atoms with Crippen LogP contribution < -0.4 is 20.1 Å². The van der Waals surface area contributed by atoms with Gasteiger partial charge in [0.25, 0.3) is 5.91 Å². The maximum absolute atomic E-state index is 12.5. The summed E-state index contributed by atoms with van der Waals surface area (Å²) in [6.45, 7) is 2.26. The monoisotopic (exact) mass is 445 g/mol. The van der Waals surface area contributed by atoms with Gasteiger partial charge in [0.15, 0.2) is 22.2 Å². The molecule has 3 aromatic carbocycles. The third-order valence-corrected chi connectivity index (χ3v) is 5.32. The van der Waals surface area contributed by atoms with Crippen LogP contribution in [0.5, 0.6) is 11.5 Å². The van der Waals surface area contributed by atoms with Gasteiger partial charge in [-0.2, -0.15) is 0 Å². The van der Waals surface area contributed by atoms with Crippen molar-refractivity contribution in [2.45, 2.75) is 13.3 Å². The average Bonchev–Trinajstić information content (AvgIpc) is 3.45. The van der Waals surface area contributed by atoms with Crippen LogP contribution in [-0.4, -0.2) is 22.8 Å². The van der Waals surface area contributed by atoms with Gasteiger partial charge in [0, 0.05) is 16.8 Å². The van der Waals surface area contributed by atoms with E-state index in [0.717, 1.165) is 28.8 Å². The lowest BCUT2D eigenvalue weighted by molar-refractivity contribution is 0.0977. The van der Waals surface area contributed by atoms with Gasteiger partial charge in [-0.25, -0.2) is 4.98 Å². The van der Waals surface area contributed by atoms with Gasteiger partial charge in [-0.15, -0.1) is 0 Å². The van der Waals surface area contributed by atoms with Gasteiger partial charge in [0.1, 0.15) is 5.52 Å². The van der Waals surface area contributed by atoms with Crippen molar-refractivity contribution in [2.75, 3.05) is 12.1 Å². The number of fused-ring (bicyclic) bond motifs is 2. The molecule has 7 nitrogen and oxygen atoms in total. The summed E-state index contributed by atoms with van der Waals surface area (Å²) in [7, 11) is 0. The fraction of sp³-hybridized carbons (Fsp3) is 0.125. The Morgan fingerprint density at radius 2 is 1.84 bits per heavy atom. The number of amides is 1. The van der Waals surface area contributed by atoms with Crippen LogP contribution in [0, 0.1) is 0 Å². The van der Waals surface area contributed by atoms with E-state index in [1.165, 1.54) is 5.56 Å². The number of hydrogen-bond donors (Lipinski definition) is 2. The quantitative estimate of drug-likeness (QED) is 0.432. The number of rotatable bonds is 4. The number of benzene rings is 3. The number of oxazole rings is 1. The minimum atomic E-state index is -0.338. The minimum absolute atomic E-state index is 0.152. The molecule has 0 spiro atoms. The third kappa shape index (κ3) is 4.00. The molecule has 1 aliphatic heterocycles. The van der Waals surface area contributed by atoms with E-state index in [-0.39, 0.29) is 17.8 Å². The van der Waals surface area contributed by atoms with Gasteiger partial charge < -0.3 is 19.2 Å². The number of ether oxygens (including phenoxy) is 2. The maximum atomic E-state index is 12.5. The van der Waals surface area contributed by atoms with E-state index in [4.69, 9.17) is 26.1 Å². The Kier molecular flexibility index (Phi) is 5.20. The van der Waals surface area contributed by atoms with E-state index in [9.17, 15) is 4.79 Å². The highest BCUT2D eigenvalue weighted by atomic mass is 32.1. The Labute approximate surface area is 189 Å². The second-order valence-electron chi connectivity index (χ2n) is 7.23. The number of hydrogen-bond acceptors (Lipinski definition) is 6. The number of aromatic nitrogens is 1. The molecule has 0 saturated carbocycles. The summed E-state index contributed by atoms with van der Waals surface area (Å²) in [6.07, 6.45) is 0.948. The van der Waals surface area contributed by atoms with Crippen molar-refractivity contribution in [1.29, 1.82) is 0 Å². The van der Waals surface area contributed by atoms with Crippen molar-refractivity contribution in [3.8, 4) is 23.0 Å². The standard InChI is InChI=1S/C24H19N3O4S/c1-2-14-3-9-19-18(11-14)26-23(31-19)15-4-7-17(8-5-15)25-24(32)27-22(28)16-6-10-20-21(12-16)30-13-29-20/h3-12H,2,13H2,1H3,(H2,25,27,28,32). The molecule has 2 N–H and O–H groups in total. The molecule has 1 amide bonds. The first-order valence-electron chi connectivity index (χ1n) is 10.1. The molecule has 32 heavy (non-hydrogen) atoms. The molecule has 0 aliphatic carbocycles. The number of aryl methyl sites for hydroxylation is 1. The topological polar surface area (TPSA) is 85.6 Å². The first kappa shape index (κ1) is 20.0. The molecule has 160 valence electrons. The van der Waals surface area contributed by atoms with Crippen LogP contribution in [0.4, 0.5) is 5.69 Å². The summed E-state index contributed by atoms with van der Waals surface area (Å²) in [5, 5.41) is 5.86.